The van der Waals surface area contributed by atoms with Gasteiger partial charge in [-0.1, -0.05) is 24.3 Å². The van der Waals surface area contributed by atoms with E-state index in [1.165, 1.54) is 0 Å². The topological polar surface area (TPSA) is 51.9 Å². The first-order chi connectivity index (χ1) is 12.7. The number of benzene rings is 2. The van der Waals surface area contributed by atoms with Crippen molar-refractivity contribution in [1.29, 1.82) is 0 Å². The number of nitrogens with one attached hydrogen (secondary N) is 1. The van der Waals surface area contributed by atoms with E-state index in [0.717, 1.165) is 34.5 Å². The summed E-state index contributed by atoms with van der Waals surface area (Å²) < 4.78 is 3.93. The van der Waals surface area contributed by atoms with Crippen LogP contribution in [-0.2, 0) is 6.54 Å². The molecule has 1 amide bonds. The number of hydrogen-bond donors (Lipinski definition) is 1. The summed E-state index contributed by atoms with van der Waals surface area (Å²) in [6.07, 6.45) is 3.68. The molecule has 0 atom stereocenters. The van der Waals surface area contributed by atoms with Crippen molar-refractivity contribution in [3.63, 3.8) is 0 Å². The lowest BCUT2D eigenvalue weighted by Crippen LogP contribution is -2.13. The number of para-hydroxylation sites is 1. The third-order valence-electron chi connectivity index (χ3n) is 4.63. The number of aryl methyl sites for hydroxylation is 1. The molecule has 4 aromatic rings. The summed E-state index contributed by atoms with van der Waals surface area (Å²) in [4.78, 5) is 12.7. The highest BCUT2D eigenvalue weighted by Crippen LogP contribution is 2.22. The number of hydrogen-bond acceptors (Lipinski definition) is 2. The van der Waals surface area contributed by atoms with Crippen LogP contribution in [0, 0.1) is 6.92 Å². The maximum atomic E-state index is 12.7. The maximum absolute atomic E-state index is 12.7. The lowest BCUT2D eigenvalue weighted by atomic mass is 10.2. The van der Waals surface area contributed by atoms with Crippen molar-refractivity contribution in [2.24, 2.45) is 0 Å². The van der Waals surface area contributed by atoms with Crippen molar-refractivity contribution < 1.29 is 4.79 Å². The molecule has 5 nitrogen and oxygen atoms in total. The van der Waals surface area contributed by atoms with Crippen LogP contribution in [0.25, 0.3) is 16.6 Å². The molecule has 0 spiro atoms. The molecule has 130 valence electrons. The van der Waals surface area contributed by atoms with Crippen LogP contribution in [0.3, 0.4) is 0 Å². The Morgan fingerprint density at radius 1 is 1.12 bits per heavy atom. The molecule has 2 heterocycles. The summed E-state index contributed by atoms with van der Waals surface area (Å²) in [7, 11) is 0. The zero-order valence-electron chi connectivity index (χ0n) is 14.8. The van der Waals surface area contributed by atoms with Gasteiger partial charge in [-0.3, -0.25) is 4.79 Å². The van der Waals surface area contributed by atoms with Crippen molar-refractivity contribution in [3.05, 3.63) is 78.2 Å². The number of nitrogens with zero attached hydrogens (tertiary/aromatic N) is 3. The molecule has 0 saturated heterocycles. The van der Waals surface area contributed by atoms with Gasteiger partial charge in [0.1, 0.15) is 0 Å². The van der Waals surface area contributed by atoms with Crippen molar-refractivity contribution in [2.75, 3.05) is 5.32 Å². The van der Waals surface area contributed by atoms with Crippen LogP contribution in [0.2, 0.25) is 0 Å². The molecule has 2 aromatic heterocycles. The van der Waals surface area contributed by atoms with Gasteiger partial charge in [-0.25, -0.2) is 4.68 Å². The number of carbonyl (C=O) groups excluding carboxylic acids is 1. The van der Waals surface area contributed by atoms with Gasteiger partial charge in [-0.15, -0.1) is 0 Å². The summed E-state index contributed by atoms with van der Waals surface area (Å²) in [5, 5.41) is 8.53. The van der Waals surface area contributed by atoms with Gasteiger partial charge in [0.25, 0.3) is 5.91 Å². The third kappa shape index (κ3) is 2.77. The SMILES string of the molecule is CCn1ccc2ccc(NC(=O)c3cnn(-c4ccccc4)c3C)cc21. The zero-order valence-corrected chi connectivity index (χ0v) is 14.8. The molecule has 2 aromatic carbocycles. The fraction of sp³-hybridized carbons (Fsp3) is 0.143. The van der Waals surface area contributed by atoms with Crippen LogP contribution in [-0.4, -0.2) is 20.3 Å². The van der Waals surface area contributed by atoms with Crippen molar-refractivity contribution >= 4 is 22.5 Å². The van der Waals surface area contributed by atoms with E-state index in [1.807, 2.05) is 55.5 Å². The normalized spacial score (nSPS) is 11.0. The maximum Gasteiger partial charge on any atom is 0.259 e. The lowest BCUT2D eigenvalue weighted by molar-refractivity contribution is 0.102. The van der Waals surface area contributed by atoms with E-state index in [-0.39, 0.29) is 5.91 Å². The van der Waals surface area contributed by atoms with Crippen LogP contribution >= 0.6 is 0 Å². The Morgan fingerprint density at radius 2 is 1.92 bits per heavy atom. The Balaban J connectivity index is 1.62. The molecule has 0 unspecified atom stereocenters. The molecule has 1 N–H and O–H groups in total. The second kappa shape index (κ2) is 6.52. The first-order valence-electron chi connectivity index (χ1n) is 8.67. The minimum Gasteiger partial charge on any atom is -0.348 e. The van der Waals surface area contributed by atoms with Gasteiger partial charge in [0.2, 0.25) is 0 Å². The van der Waals surface area contributed by atoms with E-state index in [9.17, 15) is 4.79 Å². The highest BCUT2D eigenvalue weighted by atomic mass is 16.1. The van der Waals surface area contributed by atoms with E-state index in [2.05, 4.69) is 34.2 Å². The Kier molecular flexibility index (Phi) is 4.05. The molecular weight excluding hydrogens is 324 g/mol. The highest BCUT2D eigenvalue weighted by Gasteiger charge is 2.15. The Hall–Kier alpha value is -3.34. The Morgan fingerprint density at radius 3 is 2.69 bits per heavy atom. The van der Waals surface area contributed by atoms with Gasteiger partial charge >= 0.3 is 0 Å². The molecule has 0 bridgehead atoms. The van der Waals surface area contributed by atoms with Crippen LogP contribution < -0.4 is 5.32 Å². The zero-order chi connectivity index (χ0) is 18.1. The van der Waals surface area contributed by atoms with Gasteiger partial charge < -0.3 is 9.88 Å². The molecule has 0 aliphatic rings. The standard InChI is InChI=1S/C21H20N4O/c1-3-24-12-11-16-9-10-17(13-20(16)24)23-21(26)19-14-22-25(15(19)2)18-7-5-4-6-8-18/h4-14H,3H2,1-2H3,(H,23,26). The van der Waals surface area contributed by atoms with E-state index >= 15 is 0 Å². The monoisotopic (exact) mass is 344 g/mol. The average molecular weight is 344 g/mol. The molecule has 5 heteroatoms. The molecule has 0 aliphatic heterocycles. The fourth-order valence-corrected chi connectivity index (χ4v) is 3.20. The van der Waals surface area contributed by atoms with Crippen LogP contribution in [0.15, 0.2) is 67.0 Å². The van der Waals surface area contributed by atoms with Crippen molar-refractivity contribution in [3.8, 4) is 5.69 Å². The van der Waals surface area contributed by atoms with E-state index in [1.54, 1.807) is 10.9 Å². The summed E-state index contributed by atoms with van der Waals surface area (Å²) in [6.45, 7) is 4.90. The van der Waals surface area contributed by atoms with Crippen LogP contribution in [0.4, 0.5) is 5.69 Å². The molecular formula is C21H20N4O. The van der Waals surface area contributed by atoms with Gasteiger partial charge in [0.05, 0.1) is 28.7 Å². The first kappa shape index (κ1) is 16.1. The smallest absolute Gasteiger partial charge is 0.259 e. The van der Waals surface area contributed by atoms with Crippen LogP contribution in [0.1, 0.15) is 23.0 Å². The van der Waals surface area contributed by atoms with Gasteiger partial charge in [-0.2, -0.15) is 5.10 Å². The number of fused-ring (bicyclic) bond motifs is 1. The predicted molar refractivity (Wildman–Crippen MR) is 104 cm³/mol. The number of aromatic nitrogens is 3. The summed E-state index contributed by atoms with van der Waals surface area (Å²) >= 11 is 0. The Bertz CT molecular complexity index is 1080. The summed E-state index contributed by atoms with van der Waals surface area (Å²) in [5.74, 6) is -0.154. The lowest BCUT2D eigenvalue weighted by Gasteiger charge is -2.08. The molecule has 0 fully saturated rings. The van der Waals surface area contributed by atoms with Gasteiger partial charge in [0.15, 0.2) is 0 Å². The number of anilines is 1. The minimum atomic E-state index is -0.154. The third-order valence-corrected chi connectivity index (χ3v) is 4.63. The number of carbonyl (C=O) groups is 1. The predicted octanol–water partition coefficient (Wildman–Crippen LogP) is 4.41. The van der Waals surface area contributed by atoms with Crippen LogP contribution in [0.5, 0.6) is 0 Å². The molecule has 26 heavy (non-hydrogen) atoms. The minimum absolute atomic E-state index is 0.154. The van der Waals surface area contributed by atoms with Gasteiger partial charge in [-0.05, 0) is 49.6 Å². The second-order valence-corrected chi connectivity index (χ2v) is 6.22. The largest absolute Gasteiger partial charge is 0.348 e. The van der Waals surface area contributed by atoms with Crippen molar-refractivity contribution in [1.82, 2.24) is 14.3 Å². The Labute approximate surface area is 151 Å². The molecule has 4 rings (SSSR count). The second-order valence-electron chi connectivity index (χ2n) is 6.22. The number of rotatable bonds is 4. The fourth-order valence-electron chi connectivity index (χ4n) is 3.20. The highest BCUT2D eigenvalue weighted by molar-refractivity contribution is 6.05. The summed E-state index contributed by atoms with van der Waals surface area (Å²) in [6, 6.07) is 17.8. The van der Waals surface area contributed by atoms with Gasteiger partial charge in [0, 0.05) is 18.4 Å². The van der Waals surface area contributed by atoms with E-state index < -0.39 is 0 Å². The first-order valence-corrected chi connectivity index (χ1v) is 8.67. The average Bonchev–Trinajstić information content (AvgIpc) is 3.25. The quantitative estimate of drug-likeness (QED) is 0.596. The molecule has 0 aliphatic carbocycles. The van der Waals surface area contributed by atoms with Crippen molar-refractivity contribution in [2.45, 2.75) is 20.4 Å². The molecule has 0 radical (unpaired) electrons. The summed E-state index contributed by atoms with van der Waals surface area (Å²) in [5.41, 5.74) is 4.21. The molecule has 0 saturated carbocycles. The number of amides is 1. The van der Waals surface area contributed by atoms with E-state index in [4.69, 9.17) is 0 Å². The van der Waals surface area contributed by atoms with E-state index in [0.29, 0.717) is 5.56 Å².